The van der Waals surface area contributed by atoms with Gasteiger partial charge in [0.2, 0.25) is 0 Å². The second-order valence-corrected chi connectivity index (χ2v) is 2.75. The molecule has 0 spiro atoms. The van der Waals surface area contributed by atoms with E-state index >= 15 is 0 Å². The van der Waals surface area contributed by atoms with E-state index < -0.39 is 0 Å². The number of hydrogen-bond acceptors (Lipinski definition) is 1. The Morgan fingerprint density at radius 1 is 1.11 bits per heavy atom. The van der Waals surface area contributed by atoms with Gasteiger partial charge in [0.1, 0.15) is 0 Å². The van der Waals surface area contributed by atoms with Gasteiger partial charge < -0.3 is 0 Å². The van der Waals surface area contributed by atoms with E-state index in [9.17, 15) is 0 Å². The average molecular weight is 145 g/mol. The molecular formula is C8H17S. The van der Waals surface area contributed by atoms with E-state index in [1.54, 1.807) is 0 Å². The van der Waals surface area contributed by atoms with Crippen molar-refractivity contribution in [3.8, 4) is 0 Å². The summed E-state index contributed by atoms with van der Waals surface area (Å²) in [5, 5.41) is 0. The number of rotatable bonds is 6. The number of hydrogen-bond donors (Lipinski definition) is 1. The third kappa shape index (κ3) is 8.35. The van der Waals surface area contributed by atoms with Crippen LogP contribution in [0.25, 0.3) is 0 Å². The van der Waals surface area contributed by atoms with Crippen LogP contribution < -0.4 is 0 Å². The van der Waals surface area contributed by atoms with Crippen LogP contribution in [-0.4, -0.2) is 0 Å². The zero-order chi connectivity index (χ0) is 6.95. The Morgan fingerprint density at radius 2 is 1.78 bits per heavy atom. The summed E-state index contributed by atoms with van der Waals surface area (Å²) < 4.78 is 0. The van der Waals surface area contributed by atoms with Gasteiger partial charge >= 0.3 is 0 Å². The first-order valence-corrected chi connectivity index (χ1v) is 4.39. The first kappa shape index (κ1) is 9.35. The van der Waals surface area contributed by atoms with E-state index in [4.69, 9.17) is 0 Å². The van der Waals surface area contributed by atoms with Crippen LogP contribution in [0.2, 0.25) is 0 Å². The molecule has 0 aliphatic rings. The van der Waals surface area contributed by atoms with Gasteiger partial charge in [-0.05, 0) is 6.42 Å². The Kier molecular flexibility index (Phi) is 8.67. The van der Waals surface area contributed by atoms with Gasteiger partial charge in [0, 0.05) is 5.75 Å². The Bertz CT molecular complexity index is 37.8. The first-order valence-electron chi connectivity index (χ1n) is 3.87. The predicted octanol–water partition coefficient (Wildman–Crippen LogP) is 3.44. The monoisotopic (exact) mass is 145 g/mol. The van der Waals surface area contributed by atoms with Crippen LogP contribution in [0.3, 0.4) is 0 Å². The largest absolute Gasteiger partial charge is 0.175 e. The van der Waals surface area contributed by atoms with Crippen LogP contribution in [0.5, 0.6) is 0 Å². The summed E-state index contributed by atoms with van der Waals surface area (Å²) in [6.45, 7) is 2.24. The van der Waals surface area contributed by atoms with Crippen molar-refractivity contribution in [2.45, 2.75) is 45.4 Å². The Hall–Kier alpha value is 0.350. The lowest BCUT2D eigenvalue weighted by atomic mass is 10.1. The standard InChI is InChI=1S/C8H17S/c1-2-3-4-5-6-7-8-9/h8-9H,2-7H2,1H3. The Balaban J connectivity index is 2.60. The van der Waals surface area contributed by atoms with Crippen molar-refractivity contribution in [2.24, 2.45) is 0 Å². The van der Waals surface area contributed by atoms with Crippen LogP contribution in [0.15, 0.2) is 0 Å². The maximum atomic E-state index is 4.02. The number of unbranched alkanes of at least 4 members (excludes halogenated alkanes) is 5. The minimum atomic E-state index is 1.17. The molecule has 0 aromatic rings. The lowest BCUT2D eigenvalue weighted by molar-refractivity contribution is 0.635. The van der Waals surface area contributed by atoms with Crippen LogP contribution in [0.1, 0.15) is 45.4 Å². The van der Waals surface area contributed by atoms with Crippen molar-refractivity contribution in [2.75, 3.05) is 0 Å². The van der Waals surface area contributed by atoms with E-state index in [-0.39, 0.29) is 0 Å². The Labute approximate surface area is 64.4 Å². The van der Waals surface area contributed by atoms with E-state index in [2.05, 4.69) is 19.6 Å². The van der Waals surface area contributed by atoms with Gasteiger partial charge in [-0.1, -0.05) is 39.0 Å². The molecule has 0 fully saturated rings. The highest BCUT2D eigenvalue weighted by atomic mass is 32.1. The highest BCUT2D eigenvalue weighted by Crippen LogP contribution is 2.06. The maximum absolute atomic E-state index is 4.02. The molecule has 0 N–H and O–H groups in total. The smallest absolute Gasteiger partial charge is 0.0133 e. The molecule has 0 amide bonds. The molecule has 55 valence electrons. The molecule has 0 saturated carbocycles. The number of thiol groups is 1. The maximum Gasteiger partial charge on any atom is 0.0133 e. The molecule has 1 radical (unpaired) electrons. The van der Waals surface area contributed by atoms with Gasteiger partial charge in [-0.25, -0.2) is 0 Å². The molecule has 0 bridgehead atoms. The molecule has 0 heterocycles. The molecular weight excluding hydrogens is 128 g/mol. The van der Waals surface area contributed by atoms with Gasteiger partial charge in [-0.15, -0.1) is 0 Å². The second-order valence-electron chi connectivity index (χ2n) is 2.39. The van der Waals surface area contributed by atoms with Gasteiger partial charge in [0.25, 0.3) is 0 Å². The third-order valence-corrected chi connectivity index (χ3v) is 1.69. The van der Waals surface area contributed by atoms with E-state index in [0.29, 0.717) is 0 Å². The molecule has 0 aliphatic heterocycles. The molecule has 0 aliphatic carbocycles. The van der Waals surface area contributed by atoms with E-state index in [0.717, 1.165) is 0 Å². The molecule has 9 heavy (non-hydrogen) atoms. The SMILES string of the molecule is CCCCCCC[CH]S. The summed E-state index contributed by atoms with van der Waals surface area (Å²) >= 11 is 4.02. The quantitative estimate of drug-likeness (QED) is 0.429. The molecule has 0 saturated heterocycles. The fraction of sp³-hybridized carbons (Fsp3) is 0.875. The van der Waals surface area contributed by atoms with Crippen LogP contribution in [0.4, 0.5) is 0 Å². The van der Waals surface area contributed by atoms with Gasteiger partial charge in [0.15, 0.2) is 0 Å². The van der Waals surface area contributed by atoms with Crippen LogP contribution in [-0.2, 0) is 0 Å². The lowest BCUT2D eigenvalue weighted by Crippen LogP contribution is -1.75. The topological polar surface area (TPSA) is 0 Å². The summed E-state index contributed by atoms with van der Waals surface area (Å²) in [5.74, 6) is 1.95. The molecule has 0 nitrogen and oxygen atoms in total. The zero-order valence-electron chi connectivity index (χ0n) is 6.27. The Morgan fingerprint density at radius 3 is 2.33 bits per heavy atom. The average Bonchev–Trinajstić information content (AvgIpc) is 1.89. The highest BCUT2D eigenvalue weighted by molar-refractivity contribution is 7.82. The highest BCUT2D eigenvalue weighted by Gasteiger charge is 1.86. The molecule has 0 unspecified atom stereocenters. The fourth-order valence-corrected chi connectivity index (χ4v) is 1.02. The van der Waals surface area contributed by atoms with Crippen molar-refractivity contribution in [3.05, 3.63) is 5.75 Å². The van der Waals surface area contributed by atoms with Crippen molar-refractivity contribution in [3.63, 3.8) is 0 Å². The van der Waals surface area contributed by atoms with Crippen LogP contribution in [0, 0.1) is 5.75 Å². The van der Waals surface area contributed by atoms with Gasteiger partial charge in [0.05, 0.1) is 0 Å². The minimum absolute atomic E-state index is 1.17. The van der Waals surface area contributed by atoms with Gasteiger partial charge in [-0.2, -0.15) is 12.6 Å². The van der Waals surface area contributed by atoms with Crippen LogP contribution >= 0.6 is 12.6 Å². The fourth-order valence-electron chi connectivity index (χ4n) is 0.839. The summed E-state index contributed by atoms with van der Waals surface area (Å²) in [5.41, 5.74) is 0. The normalized spacial score (nSPS) is 10.0. The van der Waals surface area contributed by atoms with Crippen molar-refractivity contribution in [1.29, 1.82) is 0 Å². The second kappa shape index (κ2) is 8.35. The summed E-state index contributed by atoms with van der Waals surface area (Å²) in [6.07, 6.45) is 8.01. The van der Waals surface area contributed by atoms with E-state index in [1.165, 1.54) is 38.5 Å². The van der Waals surface area contributed by atoms with Crippen molar-refractivity contribution >= 4 is 12.6 Å². The molecule has 1 heteroatoms. The predicted molar refractivity (Wildman–Crippen MR) is 46.7 cm³/mol. The molecule has 0 atom stereocenters. The zero-order valence-corrected chi connectivity index (χ0v) is 7.16. The van der Waals surface area contributed by atoms with Crippen molar-refractivity contribution in [1.82, 2.24) is 0 Å². The summed E-state index contributed by atoms with van der Waals surface area (Å²) in [4.78, 5) is 0. The first-order chi connectivity index (χ1) is 4.41. The third-order valence-electron chi connectivity index (χ3n) is 1.44. The summed E-state index contributed by atoms with van der Waals surface area (Å²) in [7, 11) is 0. The molecule has 0 rings (SSSR count). The van der Waals surface area contributed by atoms with Gasteiger partial charge in [-0.3, -0.25) is 0 Å². The lowest BCUT2D eigenvalue weighted by Gasteiger charge is -1.95. The van der Waals surface area contributed by atoms with Crippen molar-refractivity contribution < 1.29 is 0 Å². The summed E-state index contributed by atoms with van der Waals surface area (Å²) in [6, 6.07) is 0. The molecule has 0 aromatic heterocycles. The molecule has 0 aromatic carbocycles. The minimum Gasteiger partial charge on any atom is -0.175 e. The van der Waals surface area contributed by atoms with E-state index in [1.807, 2.05) is 5.75 Å².